The molecule has 10 heteroatoms. The van der Waals surface area contributed by atoms with Gasteiger partial charge in [-0.25, -0.2) is 9.78 Å². The lowest BCUT2D eigenvalue weighted by Crippen LogP contribution is -2.78. The zero-order valence-electron chi connectivity index (χ0n) is 18.2. The number of hydrogen-bond donors (Lipinski definition) is 1. The SMILES string of the molecule is COc1ccc(CN2CC[C@@H]3[C@H](C)[C@@](O)(C(F)(F)F)O[C@H]4OC5(C)CC[C@H]2[C@@]43OO5)cc1. The highest BCUT2D eigenvalue weighted by Crippen LogP contribution is 2.60. The van der Waals surface area contributed by atoms with E-state index in [2.05, 4.69) is 4.90 Å². The van der Waals surface area contributed by atoms with Crippen LogP contribution in [0.4, 0.5) is 13.2 Å². The first kappa shape index (κ1) is 22.4. The molecule has 5 aliphatic heterocycles. The molecule has 32 heavy (non-hydrogen) atoms. The molecular weight excluding hydrogens is 431 g/mol. The Bertz CT molecular complexity index is 868. The number of methoxy groups -OCH3 is 1. The van der Waals surface area contributed by atoms with Crippen molar-refractivity contribution >= 4 is 0 Å². The van der Waals surface area contributed by atoms with Crippen LogP contribution < -0.4 is 4.74 Å². The highest BCUT2D eigenvalue weighted by molar-refractivity contribution is 5.27. The molecule has 7 atom stereocenters. The highest BCUT2D eigenvalue weighted by Gasteiger charge is 2.76. The van der Waals surface area contributed by atoms with Crippen molar-refractivity contribution in [1.82, 2.24) is 4.90 Å². The standard InChI is InChI=1S/C22H28F3NO6/c1-13-16-9-11-26(12-14-4-6-15(28-3)7-5-14)17-8-10-19(2)29-18(20(16,17)32-31-19)30-21(13,27)22(23,24)25/h4-7,13,16-18,27H,8-12H2,1-3H3/t13-,16+,17-,18+,19?,20+,21-/m0/s1. The number of hydrogen-bond acceptors (Lipinski definition) is 7. The molecular formula is C22H28F3NO6. The van der Waals surface area contributed by atoms with Crippen LogP contribution in [0.3, 0.4) is 0 Å². The van der Waals surface area contributed by atoms with Gasteiger partial charge >= 0.3 is 6.18 Å². The summed E-state index contributed by atoms with van der Waals surface area (Å²) in [5, 5.41) is 10.6. The minimum Gasteiger partial charge on any atom is -0.497 e. The maximum absolute atomic E-state index is 13.9. The second-order valence-corrected chi connectivity index (χ2v) is 9.47. The smallest absolute Gasteiger partial charge is 0.443 e. The zero-order valence-corrected chi connectivity index (χ0v) is 18.2. The first-order valence-corrected chi connectivity index (χ1v) is 10.9. The molecule has 2 bridgehead atoms. The lowest BCUT2D eigenvalue weighted by molar-refractivity contribution is -0.595. The van der Waals surface area contributed by atoms with Gasteiger partial charge in [-0.1, -0.05) is 19.1 Å². The molecule has 178 valence electrons. The molecule has 7 nitrogen and oxygen atoms in total. The van der Waals surface area contributed by atoms with Crippen LogP contribution in [-0.4, -0.2) is 59.3 Å². The van der Waals surface area contributed by atoms with Crippen molar-refractivity contribution in [2.24, 2.45) is 11.8 Å². The second-order valence-electron chi connectivity index (χ2n) is 9.47. The van der Waals surface area contributed by atoms with Crippen molar-refractivity contribution in [2.75, 3.05) is 13.7 Å². The van der Waals surface area contributed by atoms with E-state index in [1.54, 1.807) is 14.0 Å². The van der Waals surface area contributed by atoms with Crippen molar-refractivity contribution in [3.8, 4) is 5.75 Å². The van der Waals surface area contributed by atoms with Crippen LogP contribution >= 0.6 is 0 Å². The van der Waals surface area contributed by atoms with E-state index in [4.69, 9.17) is 24.0 Å². The second kappa shape index (κ2) is 7.28. The van der Waals surface area contributed by atoms with Crippen LogP contribution in [0.1, 0.15) is 38.7 Å². The van der Waals surface area contributed by atoms with Crippen LogP contribution in [0.2, 0.25) is 0 Å². The summed E-state index contributed by atoms with van der Waals surface area (Å²) >= 11 is 0. The average molecular weight is 459 g/mol. The fourth-order valence-corrected chi connectivity index (χ4v) is 5.89. The van der Waals surface area contributed by atoms with Crippen molar-refractivity contribution in [2.45, 2.75) is 75.3 Å². The first-order valence-electron chi connectivity index (χ1n) is 10.9. The van der Waals surface area contributed by atoms with Crippen LogP contribution in [0.25, 0.3) is 0 Å². The van der Waals surface area contributed by atoms with Crippen LogP contribution in [0, 0.1) is 11.8 Å². The van der Waals surface area contributed by atoms with Crippen LogP contribution in [-0.2, 0) is 25.8 Å². The van der Waals surface area contributed by atoms with Crippen molar-refractivity contribution in [3.63, 3.8) is 0 Å². The molecule has 1 unspecified atom stereocenters. The summed E-state index contributed by atoms with van der Waals surface area (Å²) < 4.78 is 58.2. The lowest BCUT2D eigenvalue weighted by Gasteiger charge is -2.62. The average Bonchev–Trinajstić information content (AvgIpc) is 2.97. The zero-order chi connectivity index (χ0) is 22.9. The number of ether oxygens (including phenoxy) is 3. The summed E-state index contributed by atoms with van der Waals surface area (Å²) in [6.45, 7) is 4.11. The van der Waals surface area contributed by atoms with Crippen LogP contribution in [0.15, 0.2) is 24.3 Å². The van der Waals surface area contributed by atoms with Gasteiger partial charge in [0.05, 0.1) is 7.11 Å². The number of halogens is 3. The predicted molar refractivity (Wildman–Crippen MR) is 104 cm³/mol. The fraction of sp³-hybridized carbons (Fsp3) is 0.727. The molecule has 5 heterocycles. The van der Waals surface area contributed by atoms with Crippen molar-refractivity contribution < 1.29 is 42.3 Å². The number of piperidine rings is 1. The minimum atomic E-state index is -4.97. The summed E-state index contributed by atoms with van der Waals surface area (Å²) in [6, 6.07) is 7.37. The molecule has 0 aromatic heterocycles. The predicted octanol–water partition coefficient (Wildman–Crippen LogP) is 3.36. The van der Waals surface area contributed by atoms with E-state index in [0.717, 1.165) is 11.3 Å². The van der Waals surface area contributed by atoms with Gasteiger partial charge in [-0.05, 0) is 44.0 Å². The number of alkyl halides is 3. The van der Waals surface area contributed by atoms with Gasteiger partial charge in [0, 0.05) is 30.8 Å². The third-order valence-corrected chi connectivity index (χ3v) is 7.69. The number of fused-ring (bicyclic) bond motifs is 2. The van der Waals surface area contributed by atoms with Crippen molar-refractivity contribution in [3.05, 3.63) is 29.8 Å². The Balaban J connectivity index is 1.52. The van der Waals surface area contributed by atoms with Gasteiger partial charge in [-0.15, -0.1) is 0 Å². The van der Waals surface area contributed by atoms with Gasteiger partial charge in [-0.2, -0.15) is 13.2 Å². The molecule has 5 aliphatic rings. The number of likely N-dealkylation sites (tertiary alicyclic amines) is 1. The molecule has 5 fully saturated rings. The molecule has 6 rings (SSSR count). The minimum absolute atomic E-state index is 0.307. The van der Waals surface area contributed by atoms with Crippen molar-refractivity contribution in [1.29, 1.82) is 0 Å². The summed E-state index contributed by atoms with van der Waals surface area (Å²) in [5.74, 6) is -5.76. The normalized spacial score (nSPS) is 44.1. The van der Waals surface area contributed by atoms with E-state index in [9.17, 15) is 18.3 Å². The Hall–Kier alpha value is -1.43. The molecule has 1 aromatic rings. The Morgan fingerprint density at radius 2 is 1.88 bits per heavy atom. The van der Waals surface area contributed by atoms with E-state index in [0.29, 0.717) is 32.4 Å². The first-order chi connectivity index (χ1) is 15.0. The number of benzene rings is 1. The summed E-state index contributed by atoms with van der Waals surface area (Å²) in [5.41, 5.74) is -0.238. The van der Waals surface area contributed by atoms with E-state index in [-0.39, 0.29) is 6.04 Å². The third-order valence-electron chi connectivity index (χ3n) is 7.69. The molecule has 1 aromatic carbocycles. The third kappa shape index (κ3) is 3.11. The van der Waals surface area contributed by atoms with E-state index < -0.39 is 41.5 Å². The Morgan fingerprint density at radius 3 is 2.53 bits per heavy atom. The maximum atomic E-state index is 13.9. The largest absolute Gasteiger partial charge is 0.497 e. The number of nitrogens with zero attached hydrogens (tertiary/aromatic N) is 1. The molecule has 1 N–H and O–H groups in total. The van der Waals surface area contributed by atoms with Crippen LogP contribution in [0.5, 0.6) is 5.75 Å². The van der Waals surface area contributed by atoms with Gasteiger partial charge in [0.25, 0.3) is 5.79 Å². The van der Waals surface area contributed by atoms with E-state index >= 15 is 0 Å². The van der Waals surface area contributed by atoms with Gasteiger partial charge in [-0.3, -0.25) is 4.90 Å². The Kier molecular flexibility index (Phi) is 5.09. The highest BCUT2D eigenvalue weighted by atomic mass is 19.4. The van der Waals surface area contributed by atoms with E-state index in [1.165, 1.54) is 6.92 Å². The number of rotatable bonds is 3. The lowest BCUT2D eigenvalue weighted by atomic mass is 9.64. The fourth-order valence-electron chi connectivity index (χ4n) is 5.89. The van der Waals surface area contributed by atoms with Gasteiger partial charge in [0.1, 0.15) is 5.75 Å². The van der Waals surface area contributed by atoms with Gasteiger partial charge < -0.3 is 19.3 Å². The summed E-state index contributed by atoms with van der Waals surface area (Å²) in [4.78, 5) is 13.8. The molecule has 0 saturated carbocycles. The molecule has 5 saturated heterocycles. The molecule has 0 aliphatic carbocycles. The van der Waals surface area contributed by atoms with E-state index in [1.807, 2.05) is 24.3 Å². The summed E-state index contributed by atoms with van der Waals surface area (Å²) in [6.07, 6.45) is -5.00. The Morgan fingerprint density at radius 1 is 1.16 bits per heavy atom. The summed E-state index contributed by atoms with van der Waals surface area (Å²) in [7, 11) is 1.60. The molecule has 0 amide bonds. The molecule has 1 spiro atoms. The topological polar surface area (TPSA) is 69.6 Å². The monoisotopic (exact) mass is 459 g/mol. The molecule has 0 radical (unpaired) electrons. The Labute approximate surface area is 184 Å². The maximum Gasteiger partial charge on any atom is 0.443 e. The van der Waals surface area contributed by atoms with Gasteiger partial charge in [0.2, 0.25) is 5.79 Å². The number of aliphatic hydroxyl groups is 1. The van der Waals surface area contributed by atoms with Gasteiger partial charge in [0.15, 0.2) is 11.9 Å². The quantitative estimate of drug-likeness (QED) is 0.696.